The number of sulfonamides is 1. The molecule has 6 nitrogen and oxygen atoms in total. The molecule has 1 aromatic carbocycles. The van der Waals surface area contributed by atoms with E-state index in [9.17, 15) is 17.6 Å². The fraction of sp³-hybridized carbons (Fsp3) is 0.333. The van der Waals surface area contributed by atoms with Gasteiger partial charge in [0.05, 0.1) is 16.8 Å². The van der Waals surface area contributed by atoms with Crippen LogP contribution in [0.5, 0.6) is 0 Å². The summed E-state index contributed by atoms with van der Waals surface area (Å²) in [6.45, 7) is 7.59. The summed E-state index contributed by atoms with van der Waals surface area (Å²) in [6, 6.07) is 4.11. The van der Waals surface area contributed by atoms with Gasteiger partial charge in [0.25, 0.3) is 5.91 Å². The predicted octanol–water partition coefficient (Wildman–Crippen LogP) is 3.75. The van der Waals surface area contributed by atoms with Crippen LogP contribution in [0.2, 0.25) is 5.02 Å². The lowest BCUT2D eigenvalue weighted by Gasteiger charge is -2.22. The van der Waals surface area contributed by atoms with Gasteiger partial charge in [0, 0.05) is 17.3 Å². The first-order valence-corrected chi connectivity index (χ1v) is 10.3. The van der Waals surface area contributed by atoms with E-state index in [1.807, 2.05) is 20.8 Å². The number of amides is 1. The number of hydrogen-bond donors (Lipinski definition) is 2. The van der Waals surface area contributed by atoms with E-state index >= 15 is 0 Å². The molecule has 0 fully saturated rings. The van der Waals surface area contributed by atoms with Gasteiger partial charge in [0.15, 0.2) is 0 Å². The van der Waals surface area contributed by atoms with Gasteiger partial charge in [-0.2, -0.15) is 0 Å². The molecule has 0 aliphatic heterocycles. The van der Waals surface area contributed by atoms with Crippen molar-refractivity contribution in [1.29, 1.82) is 0 Å². The van der Waals surface area contributed by atoms with Gasteiger partial charge in [0.2, 0.25) is 10.0 Å². The molecule has 2 rings (SSSR count). The van der Waals surface area contributed by atoms with E-state index in [-0.39, 0.29) is 11.1 Å². The number of pyridine rings is 1. The maximum absolute atomic E-state index is 14.4. The topological polar surface area (TPSA) is 88.2 Å². The minimum absolute atomic E-state index is 0.227. The van der Waals surface area contributed by atoms with Crippen molar-refractivity contribution in [2.24, 2.45) is 0 Å². The number of anilines is 1. The summed E-state index contributed by atoms with van der Waals surface area (Å²) in [7, 11) is -3.79. The van der Waals surface area contributed by atoms with Gasteiger partial charge >= 0.3 is 0 Å². The number of halogens is 2. The first-order chi connectivity index (χ1) is 12.3. The number of benzene rings is 1. The number of aromatic nitrogens is 1. The van der Waals surface area contributed by atoms with Crippen LogP contribution < -0.4 is 10.0 Å². The van der Waals surface area contributed by atoms with Crippen LogP contribution in [0.1, 0.15) is 36.7 Å². The Kier molecular flexibility index (Phi) is 5.82. The second-order valence-corrected chi connectivity index (χ2v) is 9.44. The third-order valence-electron chi connectivity index (χ3n) is 3.48. The number of nitrogens with zero attached hydrogens (tertiary/aromatic N) is 1. The second kappa shape index (κ2) is 7.44. The van der Waals surface area contributed by atoms with Gasteiger partial charge in [-0.15, -0.1) is 0 Å². The average molecular weight is 414 g/mol. The first-order valence-electron chi connectivity index (χ1n) is 8.03. The molecular weight excluding hydrogens is 393 g/mol. The summed E-state index contributed by atoms with van der Waals surface area (Å²) in [6.07, 6.45) is 2.38. The van der Waals surface area contributed by atoms with Crippen LogP contribution in [0.15, 0.2) is 24.4 Å². The smallest absolute Gasteiger partial charge is 0.267 e. The lowest BCUT2D eigenvalue weighted by molar-refractivity contribution is 0.0977. The third-order valence-corrected chi connectivity index (χ3v) is 4.33. The summed E-state index contributed by atoms with van der Waals surface area (Å²) in [5, 5.41) is 3.55. The molecule has 1 aromatic heterocycles. The zero-order valence-corrected chi connectivity index (χ0v) is 17.2. The summed E-state index contributed by atoms with van der Waals surface area (Å²) in [5.41, 5.74) is 1.07. The molecule has 0 saturated carbocycles. The van der Waals surface area contributed by atoms with E-state index in [0.29, 0.717) is 27.5 Å². The molecule has 0 radical (unpaired) electrons. The molecule has 1 amide bonds. The van der Waals surface area contributed by atoms with Gasteiger partial charge < -0.3 is 5.32 Å². The Labute approximate surface area is 163 Å². The van der Waals surface area contributed by atoms with Crippen molar-refractivity contribution >= 4 is 33.3 Å². The highest BCUT2D eigenvalue weighted by molar-refractivity contribution is 7.89. The second-order valence-electron chi connectivity index (χ2n) is 7.28. The molecule has 1 heterocycles. The van der Waals surface area contributed by atoms with Crippen molar-refractivity contribution in [3.05, 3.63) is 46.4 Å². The number of carbonyl (C=O) groups excluding carboxylic acids is 1. The number of aryl methyl sites for hydroxylation is 1. The van der Waals surface area contributed by atoms with E-state index in [0.717, 1.165) is 12.3 Å². The standard InChI is InChI=1S/C18H21ClFN3O3S/c1-10-6-13(17(24)23-27(5,25)26)15(20)8-12(10)11-7-14(19)16(21-9-11)22-18(2,3)4/h6-9H,1-5H3,(H,21,22)(H,23,24). The Bertz CT molecular complexity index is 1000. The number of hydrogen-bond acceptors (Lipinski definition) is 5. The highest BCUT2D eigenvalue weighted by Gasteiger charge is 2.19. The first kappa shape index (κ1) is 21.1. The molecule has 2 aromatic rings. The number of nitrogens with one attached hydrogen (secondary N) is 2. The van der Waals surface area contributed by atoms with Crippen LogP contribution in [-0.2, 0) is 10.0 Å². The molecule has 0 unspecified atom stereocenters. The molecule has 2 N–H and O–H groups in total. The Morgan fingerprint density at radius 2 is 1.85 bits per heavy atom. The van der Waals surface area contributed by atoms with Crippen molar-refractivity contribution in [2.75, 3.05) is 11.6 Å². The fourth-order valence-corrected chi connectivity index (χ4v) is 3.08. The van der Waals surface area contributed by atoms with E-state index < -0.39 is 21.7 Å². The van der Waals surface area contributed by atoms with Crippen molar-refractivity contribution in [1.82, 2.24) is 9.71 Å². The monoisotopic (exact) mass is 413 g/mol. The molecule has 0 saturated heterocycles. The Morgan fingerprint density at radius 1 is 1.22 bits per heavy atom. The molecule has 146 valence electrons. The average Bonchev–Trinajstić information content (AvgIpc) is 2.48. The van der Waals surface area contributed by atoms with Crippen molar-refractivity contribution in [3.63, 3.8) is 0 Å². The Hall–Kier alpha value is -2.19. The van der Waals surface area contributed by atoms with Crippen LogP contribution in [0, 0.1) is 12.7 Å². The molecule has 0 aliphatic carbocycles. The quantitative estimate of drug-likeness (QED) is 0.796. The van der Waals surface area contributed by atoms with Crippen molar-refractivity contribution in [3.8, 4) is 11.1 Å². The Balaban J connectivity index is 2.42. The van der Waals surface area contributed by atoms with Crippen LogP contribution in [0.4, 0.5) is 10.2 Å². The van der Waals surface area contributed by atoms with E-state index in [4.69, 9.17) is 11.6 Å². The van der Waals surface area contributed by atoms with Gasteiger partial charge in [0.1, 0.15) is 11.6 Å². The summed E-state index contributed by atoms with van der Waals surface area (Å²) < 4.78 is 38.5. The predicted molar refractivity (Wildman–Crippen MR) is 105 cm³/mol. The SMILES string of the molecule is Cc1cc(C(=O)NS(C)(=O)=O)c(F)cc1-c1cnc(NC(C)(C)C)c(Cl)c1. The molecular formula is C18H21ClFN3O3S. The van der Waals surface area contributed by atoms with Crippen LogP contribution >= 0.6 is 11.6 Å². The van der Waals surface area contributed by atoms with Crippen LogP contribution in [-0.4, -0.2) is 31.1 Å². The Morgan fingerprint density at radius 3 is 2.37 bits per heavy atom. The van der Waals surface area contributed by atoms with Crippen molar-refractivity contribution < 1.29 is 17.6 Å². The summed E-state index contributed by atoms with van der Waals surface area (Å²) >= 11 is 6.28. The minimum atomic E-state index is -3.79. The molecule has 9 heteroatoms. The lowest BCUT2D eigenvalue weighted by Crippen LogP contribution is -2.30. The molecule has 27 heavy (non-hydrogen) atoms. The maximum atomic E-state index is 14.4. The summed E-state index contributed by atoms with van der Waals surface area (Å²) in [4.78, 5) is 16.2. The van der Waals surface area contributed by atoms with Gasteiger partial charge in [-0.1, -0.05) is 11.6 Å². The molecule has 0 aliphatic rings. The van der Waals surface area contributed by atoms with Crippen molar-refractivity contribution in [2.45, 2.75) is 33.2 Å². The lowest BCUT2D eigenvalue weighted by atomic mass is 9.99. The zero-order valence-electron chi connectivity index (χ0n) is 15.6. The van der Waals surface area contributed by atoms with Gasteiger partial charge in [-0.25, -0.2) is 22.5 Å². The third kappa shape index (κ3) is 5.64. The van der Waals surface area contributed by atoms with E-state index in [1.54, 1.807) is 23.9 Å². The highest BCUT2D eigenvalue weighted by Crippen LogP contribution is 2.31. The molecule has 0 spiro atoms. The van der Waals surface area contributed by atoms with Gasteiger partial charge in [-0.05, 0) is 57.0 Å². The molecule has 0 bridgehead atoms. The van der Waals surface area contributed by atoms with Crippen LogP contribution in [0.3, 0.4) is 0 Å². The number of carbonyl (C=O) groups is 1. The fourth-order valence-electron chi connectivity index (χ4n) is 2.42. The van der Waals surface area contributed by atoms with E-state index in [2.05, 4.69) is 10.3 Å². The van der Waals surface area contributed by atoms with E-state index in [1.165, 1.54) is 6.07 Å². The molecule has 0 atom stereocenters. The highest BCUT2D eigenvalue weighted by atomic mass is 35.5. The largest absolute Gasteiger partial charge is 0.364 e. The van der Waals surface area contributed by atoms with Crippen LogP contribution in [0.25, 0.3) is 11.1 Å². The normalized spacial score (nSPS) is 12.0. The zero-order chi connectivity index (χ0) is 20.6. The summed E-state index contributed by atoms with van der Waals surface area (Å²) in [5.74, 6) is -1.36. The maximum Gasteiger partial charge on any atom is 0.267 e. The minimum Gasteiger partial charge on any atom is -0.364 e. The number of rotatable bonds is 4. The van der Waals surface area contributed by atoms with Gasteiger partial charge in [-0.3, -0.25) is 4.79 Å².